The number of hydrogen-bond donors (Lipinski definition) is 1. The van der Waals surface area contributed by atoms with Gasteiger partial charge in [-0.05, 0) is 19.0 Å². The normalized spacial score (nSPS) is 10.7. The van der Waals surface area contributed by atoms with Crippen molar-refractivity contribution in [2.24, 2.45) is 0 Å². The summed E-state index contributed by atoms with van der Waals surface area (Å²) in [6, 6.07) is 1.23. The summed E-state index contributed by atoms with van der Waals surface area (Å²) >= 11 is 0. The molecule has 118 valence electrons. The van der Waals surface area contributed by atoms with Crippen LogP contribution in [0.15, 0.2) is 0 Å². The number of unbranched alkanes of at least 4 members (excludes halogenated alkanes) is 8. The molecule has 0 unspecified atom stereocenters. The molecule has 20 heavy (non-hydrogen) atoms. The molecule has 0 aliphatic rings. The van der Waals surface area contributed by atoms with Crippen LogP contribution >= 0.6 is 0 Å². The Morgan fingerprint density at radius 1 is 0.900 bits per heavy atom. The lowest BCUT2D eigenvalue weighted by Gasteiger charge is -2.04. The lowest BCUT2D eigenvalue weighted by molar-refractivity contribution is -0.139. The van der Waals surface area contributed by atoms with Crippen LogP contribution in [0, 0.1) is 0 Å². The largest absolute Gasteiger partial charge is 0.468 e. The van der Waals surface area contributed by atoms with E-state index in [-0.39, 0.29) is 5.97 Å². The molecule has 5 heteroatoms. The molecule has 0 aliphatic carbocycles. The zero-order valence-electron chi connectivity index (χ0n) is 13.2. The van der Waals surface area contributed by atoms with Gasteiger partial charge in [-0.1, -0.05) is 51.4 Å². The van der Waals surface area contributed by atoms with E-state index in [2.05, 4.69) is 10.1 Å². The Labute approximate surface area is 126 Å². The van der Waals surface area contributed by atoms with Crippen LogP contribution in [0.5, 0.6) is 0 Å². The molecule has 0 bridgehead atoms. The monoisotopic (exact) mass is 301 g/mol. The number of ether oxygens (including phenoxy) is 1. The standard InChI is InChI=1S/C15H31NO3Si/c1-18-15(17)14-16-12-10-8-6-4-3-5-7-9-11-13-20-19-2/h16H,3-14H2,1-2H3. The first-order chi connectivity index (χ1) is 9.81. The Morgan fingerprint density at radius 3 is 2.00 bits per heavy atom. The number of nitrogens with one attached hydrogen (secondary N) is 1. The number of rotatable bonds is 15. The summed E-state index contributed by atoms with van der Waals surface area (Å²) in [6.45, 7) is 1.25. The van der Waals surface area contributed by atoms with E-state index in [0.29, 0.717) is 16.3 Å². The number of carbonyl (C=O) groups is 1. The molecule has 0 amide bonds. The van der Waals surface area contributed by atoms with Gasteiger partial charge < -0.3 is 14.5 Å². The smallest absolute Gasteiger partial charge is 0.319 e. The predicted molar refractivity (Wildman–Crippen MR) is 84.0 cm³/mol. The first kappa shape index (κ1) is 19.6. The van der Waals surface area contributed by atoms with Gasteiger partial charge in [0.25, 0.3) is 0 Å². The molecule has 0 spiro atoms. The summed E-state index contributed by atoms with van der Waals surface area (Å²) in [5.41, 5.74) is 0. The van der Waals surface area contributed by atoms with Gasteiger partial charge in [-0.3, -0.25) is 4.79 Å². The van der Waals surface area contributed by atoms with E-state index in [1.54, 1.807) is 7.11 Å². The molecule has 1 N–H and O–H groups in total. The fourth-order valence-corrected chi connectivity index (χ4v) is 2.65. The van der Waals surface area contributed by atoms with Crippen molar-refractivity contribution in [3.63, 3.8) is 0 Å². The summed E-state index contributed by atoms with van der Waals surface area (Å²) in [4.78, 5) is 10.8. The zero-order valence-corrected chi connectivity index (χ0v) is 14.2. The van der Waals surface area contributed by atoms with Crippen LogP contribution in [-0.4, -0.2) is 43.0 Å². The molecule has 0 saturated heterocycles. The minimum atomic E-state index is -0.184. The first-order valence-electron chi connectivity index (χ1n) is 7.84. The highest BCUT2D eigenvalue weighted by Crippen LogP contribution is 2.10. The molecule has 0 rings (SSSR count). The second-order valence-corrected chi connectivity index (χ2v) is 6.23. The minimum absolute atomic E-state index is 0.184. The molecule has 0 saturated carbocycles. The summed E-state index contributed by atoms with van der Waals surface area (Å²) < 4.78 is 9.61. The van der Waals surface area contributed by atoms with Crippen LogP contribution in [0.1, 0.15) is 57.8 Å². The van der Waals surface area contributed by atoms with Gasteiger partial charge in [0.05, 0.1) is 13.7 Å². The molecule has 0 atom stereocenters. The van der Waals surface area contributed by atoms with Gasteiger partial charge in [-0.2, -0.15) is 0 Å². The van der Waals surface area contributed by atoms with E-state index in [9.17, 15) is 4.79 Å². The Bertz CT molecular complexity index is 215. The zero-order chi connectivity index (χ0) is 14.9. The van der Waals surface area contributed by atoms with E-state index in [0.717, 1.165) is 13.0 Å². The molecule has 0 aromatic heterocycles. The van der Waals surface area contributed by atoms with Gasteiger partial charge in [0.15, 0.2) is 0 Å². The van der Waals surface area contributed by atoms with Crippen molar-refractivity contribution in [2.75, 3.05) is 27.3 Å². The summed E-state index contributed by atoms with van der Waals surface area (Å²) in [5.74, 6) is -0.184. The van der Waals surface area contributed by atoms with E-state index in [1.807, 2.05) is 0 Å². The average Bonchev–Trinajstić information content (AvgIpc) is 2.47. The molecule has 0 fully saturated rings. The maximum atomic E-state index is 10.8. The Morgan fingerprint density at radius 2 is 1.45 bits per heavy atom. The van der Waals surface area contributed by atoms with Gasteiger partial charge in [-0.15, -0.1) is 0 Å². The molecule has 0 heterocycles. The van der Waals surface area contributed by atoms with Crippen LogP contribution in [0.25, 0.3) is 0 Å². The predicted octanol–water partition coefficient (Wildman–Crippen LogP) is 2.94. The highest BCUT2D eigenvalue weighted by atomic mass is 28.2. The Kier molecular flexibility index (Phi) is 16.3. The molecule has 0 aliphatic heterocycles. The maximum Gasteiger partial charge on any atom is 0.319 e. The van der Waals surface area contributed by atoms with Crippen LogP contribution in [-0.2, 0) is 14.0 Å². The molecule has 0 aromatic rings. The summed E-state index contributed by atoms with van der Waals surface area (Å²) in [5, 5.41) is 3.09. The number of carbonyl (C=O) groups excluding carboxylic acids is 1. The van der Waals surface area contributed by atoms with Crippen LogP contribution in [0.3, 0.4) is 0 Å². The lowest BCUT2D eigenvalue weighted by atomic mass is 10.1. The van der Waals surface area contributed by atoms with Gasteiger partial charge in [0.1, 0.15) is 0 Å². The van der Waals surface area contributed by atoms with Crippen molar-refractivity contribution >= 4 is 15.7 Å². The minimum Gasteiger partial charge on any atom is -0.468 e. The third-order valence-corrected chi connectivity index (χ3v) is 4.12. The fraction of sp³-hybridized carbons (Fsp3) is 0.933. The molecular formula is C15H31NO3Si. The van der Waals surface area contributed by atoms with Gasteiger partial charge in [-0.25, -0.2) is 0 Å². The third kappa shape index (κ3) is 15.7. The summed E-state index contributed by atoms with van der Waals surface area (Å²) in [6.07, 6.45) is 11.8. The maximum absolute atomic E-state index is 10.8. The van der Waals surface area contributed by atoms with E-state index in [1.165, 1.54) is 64.5 Å². The summed E-state index contributed by atoms with van der Waals surface area (Å²) in [7, 11) is 3.89. The molecule has 4 nitrogen and oxygen atoms in total. The van der Waals surface area contributed by atoms with Crippen molar-refractivity contribution in [2.45, 2.75) is 63.8 Å². The Balaban J connectivity index is 2.97. The van der Waals surface area contributed by atoms with Crippen molar-refractivity contribution in [1.29, 1.82) is 0 Å². The SMILES string of the molecule is CO[Si]CCCCCCCCCCCNCC(=O)OC. The third-order valence-electron chi connectivity index (χ3n) is 3.27. The van der Waals surface area contributed by atoms with Crippen molar-refractivity contribution in [1.82, 2.24) is 5.32 Å². The van der Waals surface area contributed by atoms with Crippen LogP contribution in [0.2, 0.25) is 6.04 Å². The second-order valence-electron chi connectivity index (χ2n) is 5.03. The van der Waals surface area contributed by atoms with Crippen molar-refractivity contribution in [3.8, 4) is 0 Å². The number of methoxy groups -OCH3 is 1. The average molecular weight is 302 g/mol. The van der Waals surface area contributed by atoms with E-state index in [4.69, 9.17) is 4.43 Å². The first-order valence-corrected chi connectivity index (χ1v) is 8.96. The van der Waals surface area contributed by atoms with Crippen LogP contribution < -0.4 is 5.32 Å². The number of esters is 1. The van der Waals surface area contributed by atoms with Gasteiger partial charge >= 0.3 is 5.97 Å². The van der Waals surface area contributed by atoms with E-state index >= 15 is 0 Å². The van der Waals surface area contributed by atoms with E-state index < -0.39 is 0 Å². The van der Waals surface area contributed by atoms with Crippen LogP contribution in [0.4, 0.5) is 0 Å². The number of hydrogen-bond acceptors (Lipinski definition) is 4. The molecular weight excluding hydrogens is 270 g/mol. The topological polar surface area (TPSA) is 47.6 Å². The van der Waals surface area contributed by atoms with Crippen molar-refractivity contribution in [3.05, 3.63) is 0 Å². The fourth-order valence-electron chi connectivity index (χ4n) is 2.05. The molecule has 0 aromatic carbocycles. The highest BCUT2D eigenvalue weighted by molar-refractivity contribution is 6.26. The molecule has 2 radical (unpaired) electrons. The second kappa shape index (κ2) is 16.7. The van der Waals surface area contributed by atoms with Gasteiger partial charge in [0, 0.05) is 7.11 Å². The Hall–Kier alpha value is -0.393. The van der Waals surface area contributed by atoms with Gasteiger partial charge in [0.2, 0.25) is 9.76 Å². The lowest BCUT2D eigenvalue weighted by Crippen LogP contribution is -2.24. The quantitative estimate of drug-likeness (QED) is 0.287. The highest BCUT2D eigenvalue weighted by Gasteiger charge is 1.97. The van der Waals surface area contributed by atoms with Crippen molar-refractivity contribution < 1.29 is 14.0 Å².